The lowest BCUT2D eigenvalue weighted by molar-refractivity contribution is -0.127. The molecule has 1 aliphatic heterocycles. The molecule has 0 saturated carbocycles. The first-order valence-electron chi connectivity index (χ1n) is 18.5. The summed E-state index contributed by atoms with van der Waals surface area (Å²) in [4.78, 5) is 21.8. The normalized spacial score (nSPS) is 13.2. The van der Waals surface area contributed by atoms with Crippen LogP contribution in [0.3, 0.4) is 0 Å². The Morgan fingerprint density at radius 1 is 0.836 bits per heavy atom. The van der Waals surface area contributed by atoms with E-state index in [2.05, 4.69) is 72.3 Å². The van der Waals surface area contributed by atoms with Crippen LogP contribution < -0.4 is 14.2 Å². The van der Waals surface area contributed by atoms with Gasteiger partial charge in [0.05, 0.1) is 17.8 Å². The van der Waals surface area contributed by atoms with E-state index in [9.17, 15) is 4.79 Å². The molecule has 2 heterocycles. The molecule has 1 saturated heterocycles. The van der Waals surface area contributed by atoms with Crippen molar-refractivity contribution in [2.45, 2.75) is 52.7 Å². The highest BCUT2D eigenvalue weighted by molar-refractivity contribution is 8.93. The Kier molecular flexibility index (Phi) is 15.6. The monoisotopic (exact) mass is 843 g/mol. The van der Waals surface area contributed by atoms with E-state index in [1.54, 1.807) is 36.5 Å². The molecule has 55 heavy (non-hydrogen) atoms. The van der Waals surface area contributed by atoms with Gasteiger partial charge in [0.1, 0.15) is 18.1 Å². The number of pyridine rings is 1. The smallest absolute Gasteiger partial charge is 0.246 e. The zero-order valence-corrected chi connectivity index (χ0v) is 34.8. The van der Waals surface area contributed by atoms with Crippen LogP contribution in [-0.2, 0) is 24.4 Å². The molecule has 4 aromatic carbocycles. The van der Waals surface area contributed by atoms with E-state index in [-0.39, 0.29) is 22.9 Å². The number of rotatable bonds is 15. The minimum absolute atomic E-state index is 0. The van der Waals surface area contributed by atoms with Crippen LogP contribution in [-0.4, -0.2) is 53.5 Å². The molecular formula is C45H48BrCl2N3O4. The average Bonchev–Trinajstić information content (AvgIpc) is 3.18. The summed E-state index contributed by atoms with van der Waals surface area (Å²) in [6.07, 6.45) is 6.98. The quantitative estimate of drug-likeness (QED) is 0.0773. The zero-order chi connectivity index (χ0) is 37.9. The second-order valence-electron chi connectivity index (χ2n) is 13.9. The van der Waals surface area contributed by atoms with Crippen molar-refractivity contribution in [2.24, 2.45) is 0 Å². The number of aromatic nitrogens is 1. The van der Waals surface area contributed by atoms with Crippen molar-refractivity contribution in [1.29, 1.82) is 0 Å². The predicted octanol–water partition coefficient (Wildman–Crippen LogP) is 11.1. The molecule has 1 aliphatic rings. The number of amides is 1. The molecule has 1 aromatic heterocycles. The summed E-state index contributed by atoms with van der Waals surface area (Å²) in [6.45, 7) is 11.3. The maximum Gasteiger partial charge on any atom is 0.246 e. The second kappa shape index (κ2) is 20.5. The number of piperazine rings is 1. The molecular weight excluding hydrogens is 797 g/mol. The number of ether oxygens (including phenoxy) is 3. The van der Waals surface area contributed by atoms with E-state index in [0.717, 1.165) is 54.9 Å². The van der Waals surface area contributed by atoms with Crippen LogP contribution in [0.4, 0.5) is 0 Å². The van der Waals surface area contributed by atoms with E-state index >= 15 is 0 Å². The second-order valence-corrected chi connectivity index (χ2v) is 14.7. The zero-order valence-electron chi connectivity index (χ0n) is 31.5. The summed E-state index contributed by atoms with van der Waals surface area (Å²) in [5, 5.41) is 1.09. The van der Waals surface area contributed by atoms with E-state index in [1.807, 2.05) is 42.2 Å². The Balaban J connectivity index is 0.00000580. The van der Waals surface area contributed by atoms with Gasteiger partial charge in [0, 0.05) is 55.5 Å². The van der Waals surface area contributed by atoms with Gasteiger partial charge in [-0.05, 0) is 96.0 Å². The summed E-state index contributed by atoms with van der Waals surface area (Å²) >= 11 is 12.9. The van der Waals surface area contributed by atoms with Crippen molar-refractivity contribution in [1.82, 2.24) is 14.8 Å². The Morgan fingerprint density at radius 3 is 2.22 bits per heavy atom. The van der Waals surface area contributed by atoms with Crippen LogP contribution in [0.2, 0.25) is 10.0 Å². The number of carbonyl (C=O) groups excluding carboxylic acids is 1. The van der Waals surface area contributed by atoms with Crippen LogP contribution in [0.25, 0.3) is 6.08 Å². The van der Waals surface area contributed by atoms with Crippen LogP contribution >= 0.6 is 40.2 Å². The Bertz CT molecular complexity index is 1990. The van der Waals surface area contributed by atoms with Gasteiger partial charge in [0.15, 0.2) is 5.75 Å². The molecule has 0 spiro atoms. The van der Waals surface area contributed by atoms with Gasteiger partial charge in [-0.1, -0.05) is 91.6 Å². The van der Waals surface area contributed by atoms with Gasteiger partial charge in [-0.2, -0.15) is 0 Å². The van der Waals surface area contributed by atoms with Gasteiger partial charge in [-0.25, -0.2) is 4.98 Å². The fraction of sp³-hybridized carbons (Fsp3) is 0.289. The van der Waals surface area contributed by atoms with Crippen molar-refractivity contribution in [2.75, 3.05) is 32.8 Å². The lowest BCUT2D eigenvalue weighted by Gasteiger charge is -2.34. The third-order valence-electron chi connectivity index (χ3n) is 9.48. The van der Waals surface area contributed by atoms with E-state index < -0.39 is 0 Å². The molecule has 7 nitrogen and oxygen atoms in total. The first-order valence-corrected chi connectivity index (χ1v) is 19.3. The summed E-state index contributed by atoms with van der Waals surface area (Å²) in [7, 11) is 0. The van der Waals surface area contributed by atoms with Crippen molar-refractivity contribution >= 4 is 52.2 Å². The molecule has 6 rings (SSSR count). The topological polar surface area (TPSA) is 64.1 Å². The highest BCUT2D eigenvalue weighted by Crippen LogP contribution is 2.34. The van der Waals surface area contributed by atoms with E-state index in [1.165, 1.54) is 16.7 Å². The Morgan fingerprint density at radius 2 is 1.55 bits per heavy atom. The number of benzene rings is 4. The van der Waals surface area contributed by atoms with Gasteiger partial charge < -0.3 is 19.1 Å². The van der Waals surface area contributed by atoms with Crippen molar-refractivity contribution in [3.8, 4) is 23.1 Å². The Hall–Kier alpha value is -4.34. The molecule has 0 atom stereocenters. The molecule has 10 heteroatoms. The highest BCUT2D eigenvalue weighted by atomic mass is 79.9. The minimum atomic E-state index is -0.00861. The average molecular weight is 846 g/mol. The number of carbonyl (C=O) groups is 1. The first kappa shape index (κ1) is 41.8. The fourth-order valence-electron chi connectivity index (χ4n) is 6.26. The number of halogens is 3. The summed E-state index contributed by atoms with van der Waals surface area (Å²) in [5.41, 5.74) is 6.47. The SMILES string of the molecule is Br.Cc1cc(/C=C/C(=O)N2CCN(Cc3ccc(CCCOc4ccc(C(C)C)cc4)cc3)CC2)cc(Cl)c1Oc1ccc(OCc2ccccc2Cl)cn1. The molecule has 1 amide bonds. The molecule has 288 valence electrons. The summed E-state index contributed by atoms with van der Waals surface area (Å²) < 4.78 is 17.8. The van der Waals surface area contributed by atoms with Crippen molar-refractivity contribution in [3.05, 3.63) is 153 Å². The predicted molar refractivity (Wildman–Crippen MR) is 228 cm³/mol. The number of hydrogen-bond acceptors (Lipinski definition) is 6. The largest absolute Gasteiger partial charge is 0.494 e. The van der Waals surface area contributed by atoms with Gasteiger partial charge in [0.2, 0.25) is 11.8 Å². The maximum atomic E-state index is 13.1. The van der Waals surface area contributed by atoms with Gasteiger partial charge >= 0.3 is 0 Å². The van der Waals surface area contributed by atoms with Gasteiger partial charge in [-0.3, -0.25) is 9.69 Å². The van der Waals surface area contributed by atoms with E-state index in [4.69, 9.17) is 37.4 Å². The molecule has 0 aliphatic carbocycles. The van der Waals surface area contributed by atoms with Gasteiger partial charge in [0.25, 0.3) is 0 Å². The maximum absolute atomic E-state index is 13.1. The highest BCUT2D eigenvalue weighted by Gasteiger charge is 2.20. The molecule has 0 N–H and O–H groups in total. The molecule has 1 fully saturated rings. The van der Waals surface area contributed by atoms with Gasteiger partial charge in [-0.15, -0.1) is 17.0 Å². The van der Waals surface area contributed by atoms with Crippen molar-refractivity contribution in [3.63, 3.8) is 0 Å². The number of nitrogens with zero attached hydrogens (tertiary/aromatic N) is 3. The van der Waals surface area contributed by atoms with Crippen LogP contribution in [0.5, 0.6) is 23.1 Å². The minimum Gasteiger partial charge on any atom is -0.494 e. The lowest BCUT2D eigenvalue weighted by atomic mass is 10.0. The summed E-state index contributed by atoms with van der Waals surface area (Å²) in [5.74, 6) is 2.94. The van der Waals surface area contributed by atoms with Crippen LogP contribution in [0, 0.1) is 6.92 Å². The number of hydrogen-bond donors (Lipinski definition) is 0. The van der Waals surface area contributed by atoms with Crippen molar-refractivity contribution < 1.29 is 19.0 Å². The van der Waals surface area contributed by atoms with Crippen LogP contribution in [0.15, 0.2) is 109 Å². The summed E-state index contributed by atoms with van der Waals surface area (Å²) in [6, 6.07) is 32.1. The molecule has 0 bridgehead atoms. The molecule has 0 radical (unpaired) electrons. The standard InChI is InChI=1S/C45H47Cl2N3O4.BrH/c1-32(2)37-15-17-39(18-16-37)52-26-6-7-34-10-12-35(13-11-34)30-49-22-24-50(25-23-49)44(51)21-14-36-27-33(3)45(42(47)28-36)54-43-20-19-40(29-48-43)53-31-38-8-4-5-9-41(38)46;/h4-5,8-21,27-29,32H,6-7,22-26,30-31H2,1-3H3;1H/b21-14+;. The number of aryl methyl sites for hydroxylation is 2. The van der Waals surface area contributed by atoms with Crippen LogP contribution in [0.1, 0.15) is 59.6 Å². The third kappa shape index (κ3) is 12.3. The Labute approximate surface area is 345 Å². The molecule has 5 aromatic rings. The fourth-order valence-corrected chi connectivity index (χ4v) is 6.76. The first-order chi connectivity index (χ1) is 26.2. The molecule has 0 unspecified atom stereocenters. The lowest BCUT2D eigenvalue weighted by Crippen LogP contribution is -2.47. The van der Waals surface area contributed by atoms with E-state index in [0.29, 0.717) is 59.6 Å². The third-order valence-corrected chi connectivity index (χ3v) is 10.1.